The number of halogens is 1. The number of nitrogens with one attached hydrogen (secondary N) is 1. The molecule has 7 heteroatoms. The van der Waals surface area contributed by atoms with Crippen LogP contribution >= 0.6 is 11.6 Å². The molecule has 3 rings (SSSR count). The summed E-state index contributed by atoms with van der Waals surface area (Å²) in [5.41, 5.74) is 1.14. The number of aliphatic hydroxyl groups is 1. The highest BCUT2D eigenvalue weighted by Crippen LogP contribution is 2.31. The lowest BCUT2D eigenvalue weighted by Crippen LogP contribution is -2.46. The predicted molar refractivity (Wildman–Crippen MR) is 126 cm³/mol. The quantitative estimate of drug-likeness (QED) is 0.583. The number of rotatable bonds is 8. The summed E-state index contributed by atoms with van der Waals surface area (Å²) in [6.07, 6.45) is 0.731. The minimum Gasteiger partial charge on any atom is -0.487 e. The first-order valence-electron chi connectivity index (χ1n) is 11.1. The molecule has 2 atom stereocenters. The normalized spacial score (nSPS) is 16.4. The van der Waals surface area contributed by atoms with Gasteiger partial charge < -0.3 is 24.8 Å². The van der Waals surface area contributed by atoms with Crippen molar-refractivity contribution in [1.29, 1.82) is 0 Å². The molecule has 1 fully saturated rings. The molecule has 1 aliphatic rings. The summed E-state index contributed by atoms with van der Waals surface area (Å²) in [5.74, 6) is 0.557. The summed E-state index contributed by atoms with van der Waals surface area (Å²) < 4.78 is 11.2. The maximum Gasteiger partial charge on any atom is 0.407 e. The molecule has 0 unspecified atom stereocenters. The van der Waals surface area contributed by atoms with E-state index in [1.54, 1.807) is 18.2 Å². The lowest BCUT2D eigenvalue weighted by Gasteiger charge is -2.29. The van der Waals surface area contributed by atoms with Crippen LogP contribution in [0, 0.1) is 0 Å². The number of carbonyl (C=O) groups is 1. The molecule has 1 heterocycles. The van der Waals surface area contributed by atoms with Crippen molar-refractivity contribution in [3.8, 4) is 5.75 Å². The van der Waals surface area contributed by atoms with Crippen LogP contribution < -0.4 is 10.1 Å². The number of alkyl carbamates (subject to hydrolysis) is 1. The van der Waals surface area contributed by atoms with Crippen molar-refractivity contribution in [2.75, 3.05) is 19.6 Å². The van der Waals surface area contributed by atoms with E-state index in [1.165, 1.54) is 0 Å². The Hall–Kier alpha value is -2.28. The number of likely N-dealkylation sites (tertiary alicyclic amines) is 1. The Morgan fingerprint density at radius 3 is 2.47 bits per heavy atom. The number of carbonyl (C=O) groups excluding carboxylic acids is 1. The van der Waals surface area contributed by atoms with E-state index in [0.717, 1.165) is 31.5 Å². The molecule has 0 radical (unpaired) electrons. The van der Waals surface area contributed by atoms with Gasteiger partial charge in [-0.05, 0) is 70.0 Å². The molecule has 2 aromatic carbocycles. The van der Waals surface area contributed by atoms with Crippen LogP contribution in [0.2, 0.25) is 5.02 Å². The van der Waals surface area contributed by atoms with Crippen molar-refractivity contribution in [2.24, 2.45) is 0 Å². The van der Waals surface area contributed by atoms with E-state index in [-0.39, 0.29) is 12.2 Å². The molecule has 2 N–H and O–H groups in total. The third-order valence-electron chi connectivity index (χ3n) is 5.26. The average molecular weight is 461 g/mol. The second kappa shape index (κ2) is 11.0. The van der Waals surface area contributed by atoms with Crippen molar-refractivity contribution in [2.45, 2.75) is 58.0 Å². The third kappa shape index (κ3) is 7.40. The average Bonchev–Trinajstić information content (AvgIpc) is 3.26. The first-order chi connectivity index (χ1) is 15.2. The summed E-state index contributed by atoms with van der Waals surface area (Å²) in [7, 11) is 0. The van der Waals surface area contributed by atoms with E-state index < -0.39 is 18.2 Å². The maximum atomic E-state index is 12.5. The maximum absolute atomic E-state index is 12.5. The standard InChI is InChI=1S/C25H33ClN2O4/c1-25(2,3)32-22-12-11-19(15-20(22)26)23(29)21(16-28-13-7-8-14-28)27-24(30)31-17-18-9-5-4-6-10-18/h4-6,9-12,15,21,23,29H,7-8,13-14,16-17H2,1-3H3,(H,27,30)/t21-,23-/m1/s1. The summed E-state index contributed by atoms with van der Waals surface area (Å²) in [4.78, 5) is 14.7. The Bertz CT molecular complexity index is 879. The Kier molecular flexibility index (Phi) is 8.40. The van der Waals surface area contributed by atoms with Gasteiger partial charge in [0.15, 0.2) is 0 Å². The lowest BCUT2D eigenvalue weighted by molar-refractivity contribution is 0.0880. The van der Waals surface area contributed by atoms with Gasteiger partial charge in [0.25, 0.3) is 0 Å². The molecule has 2 aromatic rings. The second-order valence-corrected chi connectivity index (χ2v) is 9.58. The van der Waals surface area contributed by atoms with Crippen LogP contribution in [0.5, 0.6) is 5.75 Å². The minimum atomic E-state index is -0.943. The number of ether oxygens (including phenoxy) is 2. The summed E-state index contributed by atoms with van der Waals surface area (Å²) in [5, 5.41) is 14.4. The molecule has 32 heavy (non-hydrogen) atoms. The van der Waals surface area contributed by atoms with Crippen molar-refractivity contribution in [1.82, 2.24) is 10.2 Å². The molecule has 1 saturated heterocycles. The molecule has 1 aliphatic heterocycles. The van der Waals surface area contributed by atoms with Gasteiger partial charge in [0.2, 0.25) is 0 Å². The monoisotopic (exact) mass is 460 g/mol. The van der Waals surface area contributed by atoms with Gasteiger partial charge >= 0.3 is 6.09 Å². The Morgan fingerprint density at radius 2 is 1.84 bits per heavy atom. The molecular formula is C25H33ClN2O4. The largest absolute Gasteiger partial charge is 0.487 e. The van der Waals surface area contributed by atoms with Gasteiger partial charge in [0.1, 0.15) is 24.1 Å². The van der Waals surface area contributed by atoms with Crippen LogP contribution in [0.4, 0.5) is 4.79 Å². The van der Waals surface area contributed by atoms with Crippen LogP contribution in [0.1, 0.15) is 50.8 Å². The predicted octanol–water partition coefficient (Wildman–Crippen LogP) is 4.94. The van der Waals surface area contributed by atoms with E-state index in [2.05, 4.69) is 10.2 Å². The molecule has 0 aliphatic carbocycles. The fourth-order valence-corrected chi connectivity index (χ4v) is 3.96. The number of nitrogens with zero attached hydrogens (tertiary/aromatic N) is 1. The Balaban J connectivity index is 1.69. The summed E-state index contributed by atoms with van der Waals surface area (Å²) >= 11 is 6.42. The van der Waals surface area contributed by atoms with Crippen molar-refractivity contribution in [3.05, 3.63) is 64.7 Å². The summed E-state index contributed by atoms with van der Waals surface area (Å²) in [6.45, 7) is 8.44. The van der Waals surface area contributed by atoms with Gasteiger partial charge in [-0.3, -0.25) is 0 Å². The zero-order chi connectivity index (χ0) is 23.1. The minimum absolute atomic E-state index is 0.171. The highest BCUT2D eigenvalue weighted by molar-refractivity contribution is 6.32. The first-order valence-corrected chi connectivity index (χ1v) is 11.5. The molecule has 0 spiro atoms. The number of hydrogen-bond donors (Lipinski definition) is 2. The zero-order valence-electron chi connectivity index (χ0n) is 19.0. The molecule has 0 saturated carbocycles. The Morgan fingerprint density at radius 1 is 1.16 bits per heavy atom. The zero-order valence-corrected chi connectivity index (χ0v) is 19.8. The van der Waals surface area contributed by atoms with Crippen molar-refractivity contribution >= 4 is 17.7 Å². The van der Waals surface area contributed by atoms with Crippen LogP contribution in [-0.4, -0.2) is 47.4 Å². The SMILES string of the molecule is CC(C)(C)Oc1ccc([C@@H](O)[C@@H](CN2CCCC2)NC(=O)OCc2ccccc2)cc1Cl. The Labute approximate surface area is 195 Å². The molecule has 6 nitrogen and oxygen atoms in total. The van der Waals surface area contributed by atoms with Gasteiger partial charge in [0, 0.05) is 6.54 Å². The van der Waals surface area contributed by atoms with Crippen molar-refractivity contribution < 1.29 is 19.4 Å². The number of amides is 1. The number of benzene rings is 2. The van der Waals surface area contributed by atoms with Gasteiger partial charge in [0.05, 0.1) is 11.1 Å². The highest BCUT2D eigenvalue weighted by atomic mass is 35.5. The van der Waals surface area contributed by atoms with Crippen LogP contribution in [0.3, 0.4) is 0 Å². The van der Waals surface area contributed by atoms with E-state index >= 15 is 0 Å². The molecule has 1 amide bonds. The molecule has 0 aromatic heterocycles. The third-order valence-corrected chi connectivity index (χ3v) is 5.56. The van der Waals surface area contributed by atoms with Gasteiger partial charge in [-0.25, -0.2) is 4.79 Å². The molecule has 0 bridgehead atoms. The van der Waals surface area contributed by atoms with Gasteiger partial charge in [-0.1, -0.05) is 48.0 Å². The number of aliphatic hydroxyl groups excluding tert-OH is 1. The fourth-order valence-electron chi connectivity index (χ4n) is 3.73. The number of hydrogen-bond acceptors (Lipinski definition) is 5. The lowest BCUT2D eigenvalue weighted by atomic mass is 10.0. The fraction of sp³-hybridized carbons (Fsp3) is 0.480. The van der Waals surface area contributed by atoms with Gasteiger partial charge in [-0.2, -0.15) is 0 Å². The van der Waals surface area contributed by atoms with E-state index in [1.807, 2.05) is 51.1 Å². The molecule has 174 valence electrons. The van der Waals surface area contributed by atoms with Gasteiger partial charge in [-0.15, -0.1) is 0 Å². The smallest absolute Gasteiger partial charge is 0.407 e. The van der Waals surface area contributed by atoms with E-state index in [4.69, 9.17) is 21.1 Å². The second-order valence-electron chi connectivity index (χ2n) is 9.17. The highest BCUT2D eigenvalue weighted by Gasteiger charge is 2.28. The van der Waals surface area contributed by atoms with Crippen LogP contribution in [0.25, 0.3) is 0 Å². The first kappa shape index (κ1) is 24.4. The van der Waals surface area contributed by atoms with Crippen LogP contribution in [0.15, 0.2) is 48.5 Å². The van der Waals surface area contributed by atoms with E-state index in [0.29, 0.717) is 22.9 Å². The topological polar surface area (TPSA) is 71.0 Å². The van der Waals surface area contributed by atoms with Crippen LogP contribution in [-0.2, 0) is 11.3 Å². The van der Waals surface area contributed by atoms with Crippen molar-refractivity contribution in [3.63, 3.8) is 0 Å². The summed E-state index contributed by atoms with van der Waals surface area (Å²) in [6, 6.07) is 14.2. The molecular weight excluding hydrogens is 428 g/mol. The van der Waals surface area contributed by atoms with E-state index in [9.17, 15) is 9.90 Å².